The van der Waals surface area contributed by atoms with Crippen molar-refractivity contribution >= 4 is 11.8 Å². The fraction of sp³-hybridized carbons (Fsp3) is 0.500. The molecule has 0 aliphatic heterocycles. The molecule has 1 N–H and O–H groups in total. The second-order valence-corrected chi connectivity index (χ2v) is 7.24. The summed E-state index contributed by atoms with van der Waals surface area (Å²) in [6.45, 7) is 9.09. The second-order valence-electron chi connectivity index (χ2n) is 7.24. The van der Waals surface area contributed by atoms with Crippen molar-refractivity contribution in [2.75, 3.05) is 0 Å². The van der Waals surface area contributed by atoms with Crippen molar-refractivity contribution in [2.24, 2.45) is 11.3 Å². The highest BCUT2D eigenvalue weighted by Gasteiger charge is 2.57. The highest BCUT2D eigenvalue weighted by Crippen LogP contribution is 2.57. The van der Waals surface area contributed by atoms with E-state index in [4.69, 9.17) is 9.15 Å². The molecule has 1 aromatic heterocycles. The Morgan fingerprint density at radius 2 is 2.16 bits per heavy atom. The topological polar surface area (TPSA) is 76.7 Å². The lowest BCUT2D eigenvalue weighted by atomic mass is 9.57. The van der Waals surface area contributed by atoms with Gasteiger partial charge in [-0.3, -0.25) is 4.79 Å². The van der Waals surface area contributed by atoms with Gasteiger partial charge in [0, 0.05) is 22.1 Å². The molecule has 4 unspecified atom stereocenters. The van der Waals surface area contributed by atoms with Gasteiger partial charge in [-0.25, -0.2) is 4.79 Å². The Bertz CT molecular complexity index is 797. The number of aryl methyl sites for hydroxylation is 1. The van der Waals surface area contributed by atoms with Crippen molar-refractivity contribution < 1.29 is 23.8 Å². The van der Waals surface area contributed by atoms with E-state index >= 15 is 0 Å². The molecule has 0 fully saturated rings. The van der Waals surface area contributed by atoms with Crippen LogP contribution in [0.1, 0.15) is 61.9 Å². The van der Waals surface area contributed by atoms with Gasteiger partial charge in [-0.15, -0.1) is 0 Å². The zero-order valence-corrected chi connectivity index (χ0v) is 15.3. The molecule has 1 heterocycles. The minimum absolute atomic E-state index is 0.181. The molecule has 2 aliphatic carbocycles. The first-order valence-corrected chi connectivity index (χ1v) is 8.58. The molecule has 2 aliphatic rings. The number of ketones is 1. The molecule has 0 saturated carbocycles. The molecule has 0 spiro atoms. The van der Waals surface area contributed by atoms with Crippen molar-refractivity contribution in [2.45, 2.75) is 53.2 Å². The molecular formula is C20H24O5. The van der Waals surface area contributed by atoms with E-state index in [9.17, 15) is 14.7 Å². The number of esters is 1. The van der Waals surface area contributed by atoms with Crippen LogP contribution >= 0.6 is 0 Å². The van der Waals surface area contributed by atoms with Gasteiger partial charge < -0.3 is 14.3 Å². The fourth-order valence-corrected chi connectivity index (χ4v) is 3.90. The van der Waals surface area contributed by atoms with Crippen LogP contribution in [-0.4, -0.2) is 23.0 Å². The van der Waals surface area contributed by atoms with Gasteiger partial charge in [0.1, 0.15) is 6.10 Å². The molecule has 4 atom stereocenters. The van der Waals surface area contributed by atoms with E-state index in [0.717, 1.165) is 5.56 Å². The molecular weight excluding hydrogens is 320 g/mol. The third-order valence-electron chi connectivity index (χ3n) is 5.93. The maximum atomic E-state index is 12.9. The van der Waals surface area contributed by atoms with E-state index < -0.39 is 23.6 Å². The van der Waals surface area contributed by atoms with E-state index in [0.29, 0.717) is 23.1 Å². The quantitative estimate of drug-likeness (QED) is 0.654. The summed E-state index contributed by atoms with van der Waals surface area (Å²) < 4.78 is 11.4. The molecule has 0 amide bonds. The lowest BCUT2D eigenvalue weighted by Gasteiger charge is -2.49. The molecule has 0 saturated heterocycles. The number of aliphatic hydroxyl groups excluding tert-OH is 1. The van der Waals surface area contributed by atoms with Crippen LogP contribution < -0.4 is 0 Å². The molecule has 0 radical (unpaired) electrons. The summed E-state index contributed by atoms with van der Waals surface area (Å²) in [5.41, 5.74) is 1.63. The predicted octanol–water partition coefficient (Wildman–Crippen LogP) is 3.67. The number of hydrogen-bond acceptors (Lipinski definition) is 5. The van der Waals surface area contributed by atoms with Crippen LogP contribution in [0.5, 0.6) is 0 Å². The Balaban J connectivity index is 2.20. The Morgan fingerprint density at radius 1 is 1.48 bits per heavy atom. The van der Waals surface area contributed by atoms with E-state index in [-0.39, 0.29) is 17.5 Å². The first-order chi connectivity index (χ1) is 11.7. The number of ether oxygens (including phenoxy) is 1. The Hall–Kier alpha value is -2.14. The third kappa shape index (κ3) is 2.41. The highest BCUT2D eigenvalue weighted by atomic mass is 16.5. The summed E-state index contributed by atoms with van der Waals surface area (Å²) in [5.74, 6) is -0.621. The van der Waals surface area contributed by atoms with Gasteiger partial charge in [-0.1, -0.05) is 26.0 Å². The Labute approximate surface area is 147 Å². The number of allylic oxidation sites excluding steroid dienone is 1. The van der Waals surface area contributed by atoms with Crippen molar-refractivity contribution in [3.8, 4) is 0 Å². The molecule has 25 heavy (non-hydrogen) atoms. The first kappa shape index (κ1) is 17.7. The van der Waals surface area contributed by atoms with Gasteiger partial charge in [0.15, 0.2) is 5.76 Å². The van der Waals surface area contributed by atoms with E-state index in [2.05, 4.69) is 0 Å². The summed E-state index contributed by atoms with van der Waals surface area (Å²) in [6, 6.07) is 0. The lowest BCUT2D eigenvalue weighted by Crippen LogP contribution is -2.49. The normalized spacial score (nSPS) is 31.9. The van der Waals surface area contributed by atoms with Gasteiger partial charge >= 0.3 is 5.97 Å². The number of Topliss-reactive ketones (excluding diaryl/α,β-unsaturated/α-hetero) is 1. The minimum Gasteiger partial charge on any atom is -0.460 e. The number of hydrogen-bond donors (Lipinski definition) is 1. The largest absolute Gasteiger partial charge is 0.460 e. The van der Waals surface area contributed by atoms with Crippen LogP contribution in [-0.2, 0) is 9.53 Å². The summed E-state index contributed by atoms with van der Waals surface area (Å²) in [4.78, 5) is 25.4. The van der Waals surface area contributed by atoms with Crippen LogP contribution in [0.25, 0.3) is 0 Å². The number of furan rings is 1. The van der Waals surface area contributed by atoms with Crippen LogP contribution in [0.4, 0.5) is 0 Å². The number of carbonyl (C=O) groups excluding carboxylic acids is 2. The number of rotatable bonds is 2. The molecule has 1 aromatic rings. The molecule has 134 valence electrons. The fourth-order valence-electron chi connectivity index (χ4n) is 3.90. The lowest BCUT2D eigenvalue weighted by molar-refractivity contribution is -0.155. The zero-order valence-electron chi connectivity index (χ0n) is 15.3. The molecule has 0 aromatic carbocycles. The monoisotopic (exact) mass is 344 g/mol. The maximum absolute atomic E-state index is 12.9. The van der Waals surface area contributed by atoms with Crippen LogP contribution in [0.3, 0.4) is 0 Å². The summed E-state index contributed by atoms with van der Waals surface area (Å²) in [7, 11) is 0. The van der Waals surface area contributed by atoms with Gasteiger partial charge in [-0.05, 0) is 38.7 Å². The predicted molar refractivity (Wildman–Crippen MR) is 92.0 cm³/mol. The standard InChI is InChI=1S/C20H24O5/c1-6-10(2)19(23)25-18-15-11(3)9-24-17(15)16(22)13-7-8-14(21)12(4)20(13,18)5/h6-7,9,12,14,18,21H,8H2,1-5H3. The van der Waals surface area contributed by atoms with Gasteiger partial charge in [0.2, 0.25) is 5.78 Å². The zero-order chi connectivity index (χ0) is 18.5. The number of aliphatic hydroxyl groups is 1. The average molecular weight is 344 g/mol. The Morgan fingerprint density at radius 3 is 2.80 bits per heavy atom. The molecule has 3 rings (SSSR count). The Kier molecular flexibility index (Phi) is 4.23. The average Bonchev–Trinajstić information content (AvgIpc) is 2.97. The van der Waals surface area contributed by atoms with Gasteiger partial charge in [0.05, 0.1) is 12.4 Å². The highest BCUT2D eigenvalue weighted by molar-refractivity contribution is 6.10. The van der Waals surface area contributed by atoms with E-state index in [1.165, 1.54) is 6.26 Å². The van der Waals surface area contributed by atoms with Crippen LogP contribution in [0.15, 0.2) is 34.0 Å². The van der Waals surface area contributed by atoms with Gasteiger partial charge in [-0.2, -0.15) is 0 Å². The molecule has 5 heteroatoms. The minimum atomic E-state index is -0.805. The van der Waals surface area contributed by atoms with Crippen molar-refractivity contribution in [3.63, 3.8) is 0 Å². The maximum Gasteiger partial charge on any atom is 0.334 e. The van der Waals surface area contributed by atoms with Crippen LogP contribution in [0.2, 0.25) is 0 Å². The van der Waals surface area contributed by atoms with Crippen molar-refractivity contribution in [1.29, 1.82) is 0 Å². The first-order valence-electron chi connectivity index (χ1n) is 8.58. The SMILES string of the molecule is CC=C(C)C(=O)OC1c2c(C)coc2C(=O)C2=CCC(O)C(C)C21C. The number of fused-ring (bicyclic) bond motifs is 2. The molecule has 5 nitrogen and oxygen atoms in total. The number of carbonyl (C=O) groups is 2. The smallest absolute Gasteiger partial charge is 0.334 e. The third-order valence-corrected chi connectivity index (χ3v) is 5.93. The van der Waals surface area contributed by atoms with Crippen LogP contribution in [0, 0.1) is 18.3 Å². The van der Waals surface area contributed by atoms with Crippen molar-refractivity contribution in [3.05, 3.63) is 46.4 Å². The summed E-state index contributed by atoms with van der Waals surface area (Å²) >= 11 is 0. The summed E-state index contributed by atoms with van der Waals surface area (Å²) in [6.07, 6.45) is 4.10. The summed E-state index contributed by atoms with van der Waals surface area (Å²) in [5, 5.41) is 10.4. The van der Waals surface area contributed by atoms with E-state index in [1.54, 1.807) is 26.0 Å². The van der Waals surface area contributed by atoms with Gasteiger partial charge in [0.25, 0.3) is 0 Å². The molecule has 0 bridgehead atoms. The second kappa shape index (κ2) is 5.99. The van der Waals surface area contributed by atoms with E-state index in [1.807, 2.05) is 20.8 Å². The van der Waals surface area contributed by atoms with Crippen molar-refractivity contribution in [1.82, 2.24) is 0 Å².